The summed E-state index contributed by atoms with van der Waals surface area (Å²) in [4.78, 5) is 0. The topological polar surface area (TPSA) is 41.9 Å². The van der Waals surface area contributed by atoms with Crippen LogP contribution in [-0.2, 0) is 6.54 Å². The Hall–Kier alpha value is -1.79. The summed E-state index contributed by atoms with van der Waals surface area (Å²) in [5, 5.41) is 12.6. The molecule has 0 amide bonds. The molecule has 1 aromatic heterocycles. The zero-order chi connectivity index (χ0) is 17.8. The summed E-state index contributed by atoms with van der Waals surface area (Å²) in [6, 6.07) is 12.8. The summed E-state index contributed by atoms with van der Waals surface area (Å²) >= 11 is 23.5. The van der Waals surface area contributed by atoms with Gasteiger partial charge in [-0.25, -0.2) is 0 Å². The van der Waals surface area contributed by atoms with Crippen molar-refractivity contribution in [2.45, 2.75) is 6.54 Å². The van der Waals surface area contributed by atoms with E-state index in [0.29, 0.717) is 32.4 Å². The van der Waals surface area contributed by atoms with Crippen LogP contribution in [-0.4, -0.2) is 14.9 Å². The number of hydrogen-bond acceptors (Lipinski definition) is 2. The quantitative estimate of drug-likeness (QED) is 0.540. The van der Waals surface area contributed by atoms with Crippen molar-refractivity contribution in [2.75, 3.05) is 10.6 Å². The minimum absolute atomic E-state index is 0.404. The Morgan fingerprint density at radius 3 is 2.60 bits per heavy atom. The maximum atomic E-state index is 6.17. The second kappa shape index (κ2) is 8.06. The third kappa shape index (κ3) is 4.86. The van der Waals surface area contributed by atoms with Gasteiger partial charge in [-0.3, -0.25) is 4.68 Å². The summed E-state index contributed by atoms with van der Waals surface area (Å²) in [7, 11) is 0. The van der Waals surface area contributed by atoms with Crippen LogP contribution in [0.25, 0.3) is 0 Å². The van der Waals surface area contributed by atoms with Gasteiger partial charge in [-0.1, -0.05) is 53.0 Å². The molecule has 4 nitrogen and oxygen atoms in total. The lowest BCUT2D eigenvalue weighted by Gasteiger charge is -2.10. The van der Waals surface area contributed by atoms with Crippen LogP contribution in [0.15, 0.2) is 54.9 Å². The monoisotopic (exact) mass is 410 g/mol. The average Bonchev–Trinajstić information content (AvgIpc) is 2.99. The molecule has 3 rings (SSSR count). The van der Waals surface area contributed by atoms with Gasteiger partial charge in [-0.2, -0.15) is 5.10 Å². The predicted octanol–water partition coefficient (Wildman–Crippen LogP) is 5.70. The molecule has 0 unspecified atom stereocenters. The summed E-state index contributed by atoms with van der Waals surface area (Å²) in [5.74, 6) is 0. The van der Waals surface area contributed by atoms with Crippen molar-refractivity contribution in [1.29, 1.82) is 0 Å². The van der Waals surface area contributed by atoms with Crippen LogP contribution in [0.1, 0.15) is 5.56 Å². The van der Waals surface area contributed by atoms with E-state index in [4.69, 9.17) is 47.0 Å². The highest BCUT2D eigenvalue weighted by Gasteiger charge is 2.06. The molecule has 0 aliphatic rings. The normalized spacial score (nSPS) is 10.5. The molecule has 0 aliphatic carbocycles. The molecule has 0 saturated heterocycles. The number of thiocarbonyl (C=S) groups is 1. The van der Waals surface area contributed by atoms with Gasteiger partial charge < -0.3 is 10.6 Å². The number of benzene rings is 2. The average molecular weight is 412 g/mol. The van der Waals surface area contributed by atoms with E-state index in [1.165, 1.54) is 0 Å². The van der Waals surface area contributed by atoms with Crippen molar-refractivity contribution in [3.63, 3.8) is 0 Å². The molecule has 2 aromatic carbocycles. The third-order valence-electron chi connectivity index (χ3n) is 3.36. The van der Waals surface area contributed by atoms with Crippen LogP contribution in [0, 0.1) is 0 Å². The number of nitrogens with zero attached hydrogens (tertiary/aromatic N) is 2. The first-order valence-electron chi connectivity index (χ1n) is 7.30. The van der Waals surface area contributed by atoms with E-state index in [0.717, 1.165) is 11.3 Å². The number of aromatic nitrogens is 2. The molecule has 2 N–H and O–H groups in total. The molecule has 0 radical (unpaired) electrons. The van der Waals surface area contributed by atoms with Gasteiger partial charge in [0.2, 0.25) is 0 Å². The Kier molecular flexibility index (Phi) is 5.81. The van der Waals surface area contributed by atoms with Crippen molar-refractivity contribution >= 4 is 63.5 Å². The maximum absolute atomic E-state index is 6.17. The lowest BCUT2D eigenvalue weighted by atomic mass is 10.2. The second-order valence-corrected chi connectivity index (χ2v) is 6.88. The molecule has 0 saturated carbocycles. The molecular weight excluding hydrogens is 399 g/mol. The first-order chi connectivity index (χ1) is 12.0. The van der Waals surface area contributed by atoms with Crippen molar-refractivity contribution < 1.29 is 0 Å². The molecule has 0 fully saturated rings. The molecule has 0 spiro atoms. The highest BCUT2D eigenvalue weighted by molar-refractivity contribution is 7.80. The van der Waals surface area contributed by atoms with E-state index in [1.807, 2.05) is 30.5 Å². The van der Waals surface area contributed by atoms with Gasteiger partial charge in [-0.05, 0) is 42.0 Å². The summed E-state index contributed by atoms with van der Waals surface area (Å²) in [5.41, 5.74) is 2.43. The molecule has 0 aliphatic heterocycles. The van der Waals surface area contributed by atoms with Gasteiger partial charge in [0.05, 0.1) is 29.1 Å². The number of hydrogen-bond donors (Lipinski definition) is 2. The van der Waals surface area contributed by atoms with Gasteiger partial charge >= 0.3 is 0 Å². The second-order valence-electron chi connectivity index (χ2n) is 5.22. The molecular formula is C17H13Cl3N4S. The van der Waals surface area contributed by atoms with Crippen molar-refractivity contribution in [3.8, 4) is 0 Å². The molecule has 25 heavy (non-hydrogen) atoms. The predicted molar refractivity (Wildman–Crippen MR) is 109 cm³/mol. The van der Waals surface area contributed by atoms with Gasteiger partial charge in [-0.15, -0.1) is 0 Å². The fourth-order valence-electron chi connectivity index (χ4n) is 2.19. The van der Waals surface area contributed by atoms with Crippen molar-refractivity contribution in [3.05, 3.63) is 75.5 Å². The summed E-state index contributed by atoms with van der Waals surface area (Å²) in [6.45, 7) is 0.574. The molecule has 8 heteroatoms. The molecule has 1 heterocycles. The Bertz CT molecular complexity index is 910. The van der Waals surface area contributed by atoms with Gasteiger partial charge in [0.1, 0.15) is 0 Å². The van der Waals surface area contributed by atoms with E-state index in [9.17, 15) is 0 Å². The Morgan fingerprint density at radius 1 is 1.04 bits per heavy atom. The fraction of sp³-hybridized carbons (Fsp3) is 0.0588. The Labute approximate surface area is 165 Å². The zero-order valence-corrected chi connectivity index (χ0v) is 15.9. The minimum atomic E-state index is 0.404. The molecule has 3 aromatic rings. The number of halogens is 3. The van der Waals surface area contributed by atoms with Gasteiger partial charge in [0.15, 0.2) is 5.11 Å². The van der Waals surface area contributed by atoms with Crippen LogP contribution in [0.3, 0.4) is 0 Å². The van der Waals surface area contributed by atoms with Crippen molar-refractivity contribution in [2.24, 2.45) is 0 Å². The highest BCUT2D eigenvalue weighted by Crippen LogP contribution is 2.25. The lowest BCUT2D eigenvalue weighted by molar-refractivity contribution is 0.687. The number of rotatable bonds is 4. The van der Waals surface area contributed by atoms with Crippen LogP contribution < -0.4 is 10.6 Å². The first-order valence-corrected chi connectivity index (χ1v) is 8.84. The standard InChI is InChI=1S/C17H13Cl3N4S/c18-12-5-6-16(15(20)7-12)23-17(25)22-13-8-21-24(10-13)9-11-3-1-2-4-14(11)19/h1-8,10H,9H2,(H2,22,23,25). The smallest absolute Gasteiger partial charge is 0.175 e. The van der Waals surface area contributed by atoms with Gasteiger partial charge in [0.25, 0.3) is 0 Å². The number of anilines is 2. The van der Waals surface area contributed by atoms with Crippen molar-refractivity contribution in [1.82, 2.24) is 9.78 Å². The first kappa shape index (κ1) is 18.0. The number of nitrogens with one attached hydrogen (secondary N) is 2. The Morgan fingerprint density at radius 2 is 1.84 bits per heavy atom. The highest BCUT2D eigenvalue weighted by atomic mass is 35.5. The van der Waals surface area contributed by atoms with E-state index in [-0.39, 0.29) is 0 Å². The van der Waals surface area contributed by atoms with Crippen LogP contribution in [0.2, 0.25) is 15.1 Å². The van der Waals surface area contributed by atoms with Crippen LogP contribution >= 0.6 is 47.0 Å². The van der Waals surface area contributed by atoms with E-state index in [2.05, 4.69) is 15.7 Å². The van der Waals surface area contributed by atoms with Gasteiger partial charge in [0, 0.05) is 16.2 Å². The summed E-state index contributed by atoms with van der Waals surface area (Å²) < 4.78 is 1.78. The van der Waals surface area contributed by atoms with E-state index < -0.39 is 0 Å². The van der Waals surface area contributed by atoms with Crippen LogP contribution in [0.4, 0.5) is 11.4 Å². The Balaban J connectivity index is 1.63. The maximum Gasteiger partial charge on any atom is 0.175 e. The SMILES string of the molecule is S=C(Nc1cnn(Cc2ccccc2Cl)c1)Nc1ccc(Cl)cc1Cl. The third-order valence-corrected chi connectivity index (χ3v) is 4.48. The lowest BCUT2D eigenvalue weighted by Crippen LogP contribution is -2.19. The largest absolute Gasteiger partial charge is 0.331 e. The minimum Gasteiger partial charge on any atom is -0.331 e. The zero-order valence-electron chi connectivity index (χ0n) is 12.8. The van der Waals surface area contributed by atoms with E-state index in [1.54, 1.807) is 29.1 Å². The molecule has 0 atom stereocenters. The van der Waals surface area contributed by atoms with E-state index >= 15 is 0 Å². The van der Waals surface area contributed by atoms with Crippen LogP contribution in [0.5, 0.6) is 0 Å². The summed E-state index contributed by atoms with van der Waals surface area (Å²) in [6.07, 6.45) is 3.54. The molecule has 128 valence electrons. The molecule has 0 bridgehead atoms. The fourth-order valence-corrected chi connectivity index (χ4v) is 3.07.